The molecule has 3 nitrogen and oxygen atoms in total. The smallest absolute Gasteiger partial charge is 0.317 e. The fourth-order valence-electron chi connectivity index (χ4n) is 2.15. The van der Waals surface area contributed by atoms with Crippen LogP contribution in [0.25, 0.3) is 0 Å². The topological polar surface area (TPSA) is 32.3 Å². The lowest BCUT2D eigenvalue weighted by atomic mass is 10.1. The average Bonchev–Trinajstić information content (AvgIpc) is 2.53. The van der Waals surface area contributed by atoms with Gasteiger partial charge in [0.25, 0.3) is 0 Å². The molecule has 4 heteroatoms. The Hall–Kier alpha value is -2.36. The number of carbonyl (C=O) groups is 1. The molecule has 0 saturated heterocycles. The average molecular weight is 300 g/mol. The lowest BCUT2D eigenvalue weighted by Crippen LogP contribution is -2.38. The molecule has 22 heavy (non-hydrogen) atoms. The molecule has 0 aliphatic rings. The second-order valence-electron chi connectivity index (χ2n) is 5.48. The van der Waals surface area contributed by atoms with Crippen molar-refractivity contribution >= 4 is 6.03 Å². The Labute approximate surface area is 130 Å². The molecule has 116 valence electrons. The van der Waals surface area contributed by atoms with Crippen molar-refractivity contribution in [3.05, 3.63) is 71.0 Å². The monoisotopic (exact) mass is 300 g/mol. The van der Waals surface area contributed by atoms with Gasteiger partial charge in [0.15, 0.2) is 0 Å². The number of carbonyl (C=O) groups excluding carboxylic acids is 1. The molecule has 0 unspecified atom stereocenters. The first-order valence-corrected chi connectivity index (χ1v) is 7.29. The number of amides is 2. The van der Waals surface area contributed by atoms with Crippen LogP contribution in [-0.2, 0) is 6.54 Å². The summed E-state index contributed by atoms with van der Waals surface area (Å²) in [5.41, 5.74) is 3.15. The van der Waals surface area contributed by atoms with E-state index in [4.69, 9.17) is 0 Å². The molecule has 2 rings (SSSR count). The van der Waals surface area contributed by atoms with Gasteiger partial charge in [-0.3, -0.25) is 0 Å². The molecule has 0 radical (unpaired) electrons. The summed E-state index contributed by atoms with van der Waals surface area (Å²) in [5.74, 6) is -0.276. The van der Waals surface area contributed by atoms with Gasteiger partial charge in [0, 0.05) is 13.6 Å². The van der Waals surface area contributed by atoms with Gasteiger partial charge in [-0.05, 0) is 37.1 Å². The highest BCUT2D eigenvalue weighted by atomic mass is 19.1. The van der Waals surface area contributed by atoms with Crippen LogP contribution in [0.15, 0.2) is 48.5 Å². The maximum absolute atomic E-state index is 13.0. The number of aryl methyl sites for hydroxylation is 1. The van der Waals surface area contributed by atoms with E-state index in [1.807, 2.05) is 38.1 Å². The van der Waals surface area contributed by atoms with E-state index in [-0.39, 0.29) is 17.9 Å². The summed E-state index contributed by atoms with van der Waals surface area (Å²) in [5, 5.41) is 2.89. The third-order valence-corrected chi connectivity index (χ3v) is 3.82. The number of rotatable bonds is 4. The van der Waals surface area contributed by atoms with Crippen LogP contribution in [0.3, 0.4) is 0 Å². The van der Waals surface area contributed by atoms with Gasteiger partial charge in [-0.25, -0.2) is 9.18 Å². The van der Waals surface area contributed by atoms with Gasteiger partial charge in [-0.15, -0.1) is 0 Å². The van der Waals surface area contributed by atoms with Crippen molar-refractivity contribution in [3.63, 3.8) is 0 Å². The molecule has 0 spiro atoms. The fraction of sp³-hybridized carbons (Fsp3) is 0.278. The molecule has 2 amide bonds. The van der Waals surface area contributed by atoms with Crippen LogP contribution >= 0.6 is 0 Å². The summed E-state index contributed by atoms with van der Waals surface area (Å²) < 4.78 is 13.0. The van der Waals surface area contributed by atoms with Gasteiger partial charge in [-0.1, -0.05) is 42.0 Å². The van der Waals surface area contributed by atoms with Gasteiger partial charge in [-0.2, -0.15) is 0 Å². The fourth-order valence-corrected chi connectivity index (χ4v) is 2.15. The molecule has 0 bridgehead atoms. The van der Waals surface area contributed by atoms with Crippen molar-refractivity contribution in [2.75, 3.05) is 7.05 Å². The summed E-state index contributed by atoms with van der Waals surface area (Å²) in [6.07, 6.45) is 0. The molecule has 1 N–H and O–H groups in total. The zero-order chi connectivity index (χ0) is 16.1. The van der Waals surface area contributed by atoms with Gasteiger partial charge in [0.1, 0.15) is 5.82 Å². The van der Waals surface area contributed by atoms with Gasteiger partial charge >= 0.3 is 6.03 Å². The maximum Gasteiger partial charge on any atom is 0.317 e. The Morgan fingerprint density at radius 1 is 1.14 bits per heavy atom. The predicted molar refractivity (Wildman–Crippen MR) is 86.0 cm³/mol. The summed E-state index contributed by atoms with van der Waals surface area (Å²) in [6, 6.07) is 14.0. The Morgan fingerprint density at radius 2 is 1.73 bits per heavy atom. The minimum Gasteiger partial charge on any atom is -0.334 e. The predicted octanol–water partition coefficient (Wildman–Crippen LogP) is 4.04. The van der Waals surface area contributed by atoms with Gasteiger partial charge in [0.05, 0.1) is 6.04 Å². The minimum atomic E-state index is -0.276. The maximum atomic E-state index is 13.0. The van der Waals surface area contributed by atoms with E-state index in [9.17, 15) is 9.18 Å². The van der Waals surface area contributed by atoms with E-state index in [2.05, 4.69) is 5.32 Å². The van der Waals surface area contributed by atoms with E-state index < -0.39 is 0 Å². The van der Waals surface area contributed by atoms with Crippen LogP contribution in [0.2, 0.25) is 0 Å². The lowest BCUT2D eigenvalue weighted by molar-refractivity contribution is 0.194. The van der Waals surface area contributed by atoms with E-state index in [0.29, 0.717) is 6.54 Å². The van der Waals surface area contributed by atoms with Crippen LogP contribution in [-0.4, -0.2) is 18.0 Å². The standard InChI is InChI=1S/C18H21FN2O/c1-13-4-6-15(7-5-13)12-20-18(22)21(3)14(2)16-8-10-17(19)11-9-16/h4-11,14H,12H2,1-3H3,(H,20,22)/t14-/m1/s1. The van der Waals surface area contributed by atoms with Crippen molar-refractivity contribution < 1.29 is 9.18 Å². The minimum absolute atomic E-state index is 0.126. The summed E-state index contributed by atoms with van der Waals surface area (Å²) in [6.45, 7) is 4.43. The molecule has 2 aromatic rings. The van der Waals surface area contributed by atoms with Crippen molar-refractivity contribution in [1.82, 2.24) is 10.2 Å². The van der Waals surface area contributed by atoms with E-state index >= 15 is 0 Å². The van der Waals surface area contributed by atoms with Gasteiger partial charge < -0.3 is 10.2 Å². The molecule has 1 atom stereocenters. The number of nitrogens with zero attached hydrogens (tertiary/aromatic N) is 1. The lowest BCUT2D eigenvalue weighted by Gasteiger charge is -2.25. The Kier molecular flexibility index (Phi) is 5.15. The van der Waals surface area contributed by atoms with Crippen molar-refractivity contribution in [1.29, 1.82) is 0 Å². The molecule has 0 saturated carbocycles. The Bertz CT molecular complexity index is 623. The molecular weight excluding hydrogens is 279 g/mol. The highest BCUT2D eigenvalue weighted by Crippen LogP contribution is 2.19. The van der Waals surface area contributed by atoms with Gasteiger partial charge in [0.2, 0.25) is 0 Å². The number of benzene rings is 2. The van der Waals surface area contributed by atoms with Crippen molar-refractivity contribution in [2.45, 2.75) is 26.4 Å². The zero-order valence-corrected chi connectivity index (χ0v) is 13.1. The second-order valence-corrected chi connectivity index (χ2v) is 5.48. The summed E-state index contributed by atoms with van der Waals surface area (Å²) in [4.78, 5) is 13.8. The van der Waals surface area contributed by atoms with E-state index in [1.54, 1.807) is 24.1 Å². The number of halogens is 1. The zero-order valence-electron chi connectivity index (χ0n) is 13.1. The highest BCUT2D eigenvalue weighted by molar-refractivity contribution is 5.74. The molecule has 0 aliphatic heterocycles. The first-order chi connectivity index (χ1) is 10.5. The number of nitrogens with one attached hydrogen (secondary N) is 1. The first-order valence-electron chi connectivity index (χ1n) is 7.29. The van der Waals surface area contributed by atoms with Crippen LogP contribution in [0.1, 0.15) is 29.7 Å². The van der Waals surface area contributed by atoms with Crippen LogP contribution in [0.5, 0.6) is 0 Å². The largest absolute Gasteiger partial charge is 0.334 e. The first kappa shape index (κ1) is 16.0. The Balaban J connectivity index is 1.93. The molecule has 0 fully saturated rings. The third kappa shape index (κ3) is 4.07. The highest BCUT2D eigenvalue weighted by Gasteiger charge is 2.17. The number of hydrogen-bond donors (Lipinski definition) is 1. The second kappa shape index (κ2) is 7.07. The summed E-state index contributed by atoms with van der Waals surface area (Å²) >= 11 is 0. The normalized spacial score (nSPS) is 11.8. The quantitative estimate of drug-likeness (QED) is 0.908. The number of hydrogen-bond acceptors (Lipinski definition) is 1. The van der Waals surface area contributed by atoms with Crippen molar-refractivity contribution in [3.8, 4) is 0 Å². The van der Waals surface area contributed by atoms with Crippen LogP contribution in [0, 0.1) is 12.7 Å². The molecule has 0 heterocycles. The van der Waals surface area contributed by atoms with Crippen LogP contribution < -0.4 is 5.32 Å². The SMILES string of the molecule is Cc1ccc(CNC(=O)N(C)[C@H](C)c2ccc(F)cc2)cc1. The van der Waals surface area contributed by atoms with Crippen LogP contribution in [0.4, 0.5) is 9.18 Å². The molecular formula is C18H21FN2O. The third-order valence-electron chi connectivity index (χ3n) is 3.82. The number of urea groups is 1. The molecule has 0 aromatic heterocycles. The summed E-state index contributed by atoms with van der Waals surface area (Å²) in [7, 11) is 1.73. The molecule has 0 aliphatic carbocycles. The Morgan fingerprint density at radius 3 is 2.32 bits per heavy atom. The van der Waals surface area contributed by atoms with E-state index in [1.165, 1.54) is 17.7 Å². The molecule has 2 aromatic carbocycles. The van der Waals surface area contributed by atoms with Crippen molar-refractivity contribution in [2.24, 2.45) is 0 Å². The van der Waals surface area contributed by atoms with E-state index in [0.717, 1.165) is 11.1 Å².